The molecule has 2 aromatic rings. The number of aromatic nitrogens is 2. The van der Waals surface area contributed by atoms with Crippen LogP contribution in [0.3, 0.4) is 0 Å². The van der Waals surface area contributed by atoms with E-state index in [-0.39, 0.29) is 12.0 Å². The molecule has 3 rings (SSSR count). The van der Waals surface area contributed by atoms with Gasteiger partial charge in [-0.25, -0.2) is 0 Å². The van der Waals surface area contributed by atoms with E-state index in [0.717, 1.165) is 17.0 Å². The second kappa shape index (κ2) is 7.91. The monoisotopic (exact) mass is 360 g/mol. The van der Waals surface area contributed by atoms with Gasteiger partial charge in [-0.3, -0.25) is 14.8 Å². The van der Waals surface area contributed by atoms with Crippen molar-refractivity contribution in [2.45, 2.75) is 6.10 Å². The number of amides is 1. The van der Waals surface area contributed by atoms with Crippen LogP contribution in [-0.2, 0) is 9.53 Å². The predicted octanol–water partition coefficient (Wildman–Crippen LogP) is 2.26. The number of morpholine rings is 1. The Balaban J connectivity index is 1.85. The van der Waals surface area contributed by atoms with Gasteiger partial charge >= 0.3 is 0 Å². The number of rotatable bonds is 4. The summed E-state index contributed by atoms with van der Waals surface area (Å²) >= 11 is 6.11. The van der Waals surface area contributed by atoms with Crippen LogP contribution < -0.4 is 0 Å². The fraction of sp³-hybridized carbons (Fsp3) is 0.389. The van der Waals surface area contributed by atoms with Crippen LogP contribution in [0.15, 0.2) is 36.7 Å². The minimum absolute atomic E-state index is 0.0893. The van der Waals surface area contributed by atoms with E-state index >= 15 is 0 Å². The van der Waals surface area contributed by atoms with E-state index in [2.05, 4.69) is 9.97 Å². The molecule has 6 nitrogen and oxygen atoms in total. The summed E-state index contributed by atoms with van der Waals surface area (Å²) in [7, 11) is 3.77. The SMILES string of the molecule is CN(C)CC(=O)N1CCO[C@@H](c2nccnc2-c2cccc(Cl)c2)C1. The van der Waals surface area contributed by atoms with Gasteiger partial charge in [-0.2, -0.15) is 0 Å². The third-order valence-electron chi connectivity index (χ3n) is 4.00. The van der Waals surface area contributed by atoms with Crippen molar-refractivity contribution in [1.82, 2.24) is 19.8 Å². The second-order valence-electron chi connectivity index (χ2n) is 6.24. The fourth-order valence-electron chi connectivity index (χ4n) is 2.85. The summed E-state index contributed by atoms with van der Waals surface area (Å²) in [4.78, 5) is 25.0. The molecule has 0 N–H and O–H groups in total. The molecule has 0 saturated carbocycles. The van der Waals surface area contributed by atoms with Crippen molar-refractivity contribution < 1.29 is 9.53 Å². The summed E-state index contributed by atoms with van der Waals surface area (Å²) in [6.45, 7) is 1.93. The third kappa shape index (κ3) is 4.34. The molecule has 0 radical (unpaired) electrons. The number of hydrogen-bond acceptors (Lipinski definition) is 5. The van der Waals surface area contributed by atoms with E-state index in [1.807, 2.05) is 48.2 Å². The Labute approximate surface area is 152 Å². The number of carbonyl (C=O) groups is 1. The largest absolute Gasteiger partial charge is 0.368 e. The molecule has 1 aliphatic heterocycles. The van der Waals surface area contributed by atoms with Gasteiger partial charge in [0, 0.05) is 29.5 Å². The van der Waals surface area contributed by atoms with Crippen LogP contribution in [0.4, 0.5) is 0 Å². The molecular formula is C18H21ClN4O2. The van der Waals surface area contributed by atoms with Gasteiger partial charge in [0.25, 0.3) is 0 Å². The molecule has 1 aromatic carbocycles. The molecule has 2 heterocycles. The zero-order valence-electron chi connectivity index (χ0n) is 14.4. The number of hydrogen-bond donors (Lipinski definition) is 0. The quantitative estimate of drug-likeness (QED) is 0.837. The number of carbonyl (C=O) groups excluding carboxylic acids is 1. The summed E-state index contributed by atoms with van der Waals surface area (Å²) in [5, 5.41) is 0.640. The van der Waals surface area contributed by atoms with E-state index in [9.17, 15) is 4.79 Å². The van der Waals surface area contributed by atoms with Gasteiger partial charge < -0.3 is 14.5 Å². The summed E-state index contributed by atoms with van der Waals surface area (Å²) in [6, 6.07) is 7.49. The second-order valence-corrected chi connectivity index (χ2v) is 6.67. The maximum Gasteiger partial charge on any atom is 0.236 e. The Morgan fingerprint density at radius 3 is 2.92 bits per heavy atom. The number of halogens is 1. The molecule has 1 amide bonds. The van der Waals surface area contributed by atoms with Gasteiger partial charge in [0.2, 0.25) is 5.91 Å². The van der Waals surface area contributed by atoms with Gasteiger partial charge in [-0.05, 0) is 26.2 Å². The Kier molecular flexibility index (Phi) is 5.63. The van der Waals surface area contributed by atoms with Crippen LogP contribution in [0.1, 0.15) is 11.8 Å². The minimum Gasteiger partial charge on any atom is -0.368 e. The minimum atomic E-state index is -0.303. The van der Waals surface area contributed by atoms with Crippen LogP contribution in [0.2, 0.25) is 5.02 Å². The Bertz CT molecular complexity index is 753. The highest BCUT2D eigenvalue weighted by Gasteiger charge is 2.28. The molecule has 1 fully saturated rings. The lowest BCUT2D eigenvalue weighted by atomic mass is 10.1. The van der Waals surface area contributed by atoms with Crippen LogP contribution >= 0.6 is 11.6 Å². The topological polar surface area (TPSA) is 58.6 Å². The summed E-state index contributed by atoms with van der Waals surface area (Å²) in [6.07, 6.45) is 2.99. The summed E-state index contributed by atoms with van der Waals surface area (Å²) in [5.74, 6) is 0.0893. The molecule has 0 bridgehead atoms. The standard InChI is InChI=1S/C18H21ClN4O2/c1-22(2)12-16(24)23-8-9-25-15(11-23)18-17(20-6-7-21-18)13-4-3-5-14(19)10-13/h3-7,10,15H,8-9,11-12H2,1-2H3/t15-/m1/s1. The Morgan fingerprint density at radius 2 is 2.16 bits per heavy atom. The normalized spacial score (nSPS) is 17.8. The van der Waals surface area contributed by atoms with Crippen molar-refractivity contribution in [3.05, 3.63) is 47.4 Å². The molecule has 1 aromatic heterocycles. The number of benzene rings is 1. The van der Waals surface area contributed by atoms with Crippen molar-refractivity contribution >= 4 is 17.5 Å². The van der Waals surface area contributed by atoms with Crippen LogP contribution in [0, 0.1) is 0 Å². The van der Waals surface area contributed by atoms with E-state index in [1.54, 1.807) is 12.4 Å². The molecule has 7 heteroatoms. The average molecular weight is 361 g/mol. The molecule has 1 atom stereocenters. The van der Waals surface area contributed by atoms with Crippen LogP contribution in [-0.4, -0.2) is 66.0 Å². The van der Waals surface area contributed by atoms with Crippen LogP contribution in [0.25, 0.3) is 11.3 Å². The van der Waals surface area contributed by atoms with Gasteiger partial charge in [-0.1, -0.05) is 23.7 Å². The first kappa shape index (κ1) is 17.8. The Morgan fingerprint density at radius 1 is 1.36 bits per heavy atom. The van der Waals surface area contributed by atoms with Crippen molar-refractivity contribution in [3.63, 3.8) is 0 Å². The summed E-state index contributed by atoms with van der Waals surface area (Å²) in [5.41, 5.74) is 2.35. The van der Waals surface area contributed by atoms with Gasteiger partial charge in [0.05, 0.1) is 31.1 Å². The molecule has 132 valence electrons. The van der Waals surface area contributed by atoms with Crippen LogP contribution in [0.5, 0.6) is 0 Å². The number of nitrogens with zero attached hydrogens (tertiary/aromatic N) is 4. The first-order valence-corrected chi connectivity index (χ1v) is 8.53. The highest BCUT2D eigenvalue weighted by atomic mass is 35.5. The molecule has 25 heavy (non-hydrogen) atoms. The van der Waals surface area contributed by atoms with Gasteiger partial charge in [0.15, 0.2) is 0 Å². The number of ether oxygens (including phenoxy) is 1. The lowest BCUT2D eigenvalue weighted by molar-refractivity contribution is -0.139. The van der Waals surface area contributed by atoms with E-state index in [1.165, 1.54) is 0 Å². The third-order valence-corrected chi connectivity index (χ3v) is 4.24. The Hall–Kier alpha value is -2.02. The zero-order valence-corrected chi connectivity index (χ0v) is 15.1. The van der Waals surface area contributed by atoms with E-state index in [0.29, 0.717) is 31.3 Å². The smallest absolute Gasteiger partial charge is 0.236 e. The van der Waals surface area contributed by atoms with Crippen molar-refractivity contribution in [2.24, 2.45) is 0 Å². The first-order valence-electron chi connectivity index (χ1n) is 8.15. The van der Waals surface area contributed by atoms with Crippen molar-refractivity contribution in [2.75, 3.05) is 40.3 Å². The zero-order chi connectivity index (χ0) is 17.8. The molecule has 1 aliphatic rings. The maximum absolute atomic E-state index is 12.4. The predicted molar refractivity (Wildman–Crippen MR) is 96.3 cm³/mol. The molecule has 1 saturated heterocycles. The molecular weight excluding hydrogens is 340 g/mol. The maximum atomic E-state index is 12.4. The molecule has 0 spiro atoms. The lowest BCUT2D eigenvalue weighted by Crippen LogP contribution is -2.45. The van der Waals surface area contributed by atoms with Gasteiger partial charge in [0.1, 0.15) is 6.10 Å². The first-order chi connectivity index (χ1) is 12.0. The summed E-state index contributed by atoms with van der Waals surface area (Å²) < 4.78 is 5.90. The van der Waals surface area contributed by atoms with E-state index < -0.39 is 0 Å². The average Bonchev–Trinajstić information content (AvgIpc) is 2.61. The number of likely N-dealkylation sites (N-methyl/N-ethyl adjacent to an activating group) is 1. The lowest BCUT2D eigenvalue weighted by Gasteiger charge is -2.33. The van der Waals surface area contributed by atoms with Crippen molar-refractivity contribution in [1.29, 1.82) is 0 Å². The van der Waals surface area contributed by atoms with Gasteiger partial charge in [-0.15, -0.1) is 0 Å². The fourth-order valence-corrected chi connectivity index (χ4v) is 3.04. The highest BCUT2D eigenvalue weighted by molar-refractivity contribution is 6.30. The molecule has 0 aliphatic carbocycles. The molecule has 0 unspecified atom stereocenters. The highest BCUT2D eigenvalue weighted by Crippen LogP contribution is 2.30. The van der Waals surface area contributed by atoms with Crippen molar-refractivity contribution in [3.8, 4) is 11.3 Å². The van der Waals surface area contributed by atoms with E-state index in [4.69, 9.17) is 16.3 Å².